The van der Waals surface area contributed by atoms with E-state index in [1.54, 1.807) is 0 Å². The third-order valence-electron chi connectivity index (χ3n) is 4.66. The van der Waals surface area contributed by atoms with Crippen molar-refractivity contribution in [1.29, 1.82) is 0 Å². The second-order valence-electron chi connectivity index (χ2n) is 6.60. The van der Waals surface area contributed by atoms with Gasteiger partial charge in [-0.05, 0) is 48.9 Å². The van der Waals surface area contributed by atoms with Crippen LogP contribution in [0.1, 0.15) is 64.4 Å². The fourth-order valence-corrected chi connectivity index (χ4v) is 3.30. The zero-order valence-electron chi connectivity index (χ0n) is 13.9. The van der Waals surface area contributed by atoms with Crippen molar-refractivity contribution in [2.75, 3.05) is 13.2 Å². The highest BCUT2D eigenvalue weighted by molar-refractivity contribution is 5.28. The molecular formula is C19H31NO. The van der Waals surface area contributed by atoms with E-state index in [2.05, 4.69) is 50.4 Å². The second kappa shape index (κ2) is 8.43. The molecule has 0 aromatic heterocycles. The molecule has 1 aliphatic rings. The van der Waals surface area contributed by atoms with Crippen molar-refractivity contribution in [2.24, 2.45) is 5.92 Å². The van der Waals surface area contributed by atoms with Gasteiger partial charge >= 0.3 is 0 Å². The average Bonchev–Trinajstić information content (AvgIpc) is 2.52. The Hall–Kier alpha value is -1.02. The number of rotatable bonds is 7. The second-order valence-corrected chi connectivity index (χ2v) is 6.60. The van der Waals surface area contributed by atoms with Gasteiger partial charge in [-0.1, -0.05) is 52.2 Å². The fraction of sp³-hybridized carbons (Fsp3) is 0.684. The van der Waals surface area contributed by atoms with E-state index in [1.165, 1.54) is 37.7 Å². The van der Waals surface area contributed by atoms with Crippen LogP contribution in [0, 0.1) is 5.92 Å². The first kappa shape index (κ1) is 16.4. The summed E-state index contributed by atoms with van der Waals surface area (Å²) in [6, 6.07) is 9.09. The molecule has 1 saturated carbocycles. The van der Waals surface area contributed by atoms with E-state index >= 15 is 0 Å². The van der Waals surface area contributed by atoms with E-state index in [0.29, 0.717) is 12.0 Å². The number of likely N-dealkylation sites (N-methyl/N-ethyl adjacent to an activating group) is 1. The first-order valence-corrected chi connectivity index (χ1v) is 8.66. The van der Waals surface area contributed by atoms with Crippen molar-refractivity contribution in [1.82, 2.24) is 5.32 Å². The lowest BCUT2D eigenvalue weighted by molar-refractivity contribution is 0.187. The molecule has 2 nitrogen and oxygen atoms in total. The molecule has 2 heteroatoms. The lowest BCUT2D eigenvalue weighted by Crippen LogP contribution is -2.41. The van der Waals surface area contributed by atoms with Gasteiger partial charge in [0.15, 0.2) is 0 Å². The quantitative estimate of drug-likeness (QED) is 0.782. The molecule has 118 valence electrons. The number of hydrogen-bond acceptors (Lipinski definition) is 2. The molecule has 0 heterocycles. The highest BCUT2D eigenvalue weighted by atomic mass is 16.5. The van der Waals surface area contributed by atoms with Gasteiger partial charge in [-0.3, -0.25) is 0 Å². The Kier molecular flexibility index (Phi) is 6.56. The van der Waals surface area contributed by atoms with Crippen molar-refractivity contribution in [3.63, 3.8) is 0 Å². The predicted octanol–water partition coefficient (Wildman–Crippen LogP) is 4.75. The topological polar surface area (TPSA) is 21.3 Å². The molecule has 1 aliphatic carbocycles. The van der Waals surface area contributed by atoms with E-state index in [-0.39, 0.29) is 0 Å². The Morgan fingerprint density at radius 3 is 2.33 bits per heavy atom. The van der Waals surface area contributed by atoms with Crippen LogP contribution in [-0.4, -0.2) is 19.2 Å². The lowest BCUT2D eigenvalue weighted by atomic mass is 9.84. The van der Waals surface area contributed by atoms with Crippen LogP contribution in [0.15, 0.2) is 24.3 Å². The summed E-state index contributed by atoms with van der Waals surface area (Å²) in [7, 11) is 0. The van der Waals surface area contributed by atoms with Crippen LogP contribution in [0.4, 0.5) is 0 Å². The fourth-order valence-electron chi connectivity index (χ4n) is 3.30. The highest BCUT2D eigenvalue weighted by Gasteiger charge is 2.23. The van der Waals surface area contributed by atoms with Crippen molar-refractivity contribution < 1.29 is 4.74 Å². The maximum Gasteiger partial charge on any atom is 0.119 e. The minimum Gasteiger partial charge on any atom is -0.492 e. The third-order valence-corrected chi connectivity index (χ3v) is 4.66. The van der Waals surface area contributed by atoms with Crippen molar-refractivity contribution in [2.45, 2.75) is 64.8 Å². The molecule has 21 heavy (non-hydrogen) atoms. The van der Waals surface area contributed by atoms with E-state index in [4.69, 9.17) is 4.74 Å². The molecule has 1 fully saturated rings. The Morgan fingerprint density at radius 1 is 1.10 bits per heavy atom. The first-order valence-electron chi connectivity index (χ1n) is 8.66. The van der Waals surface area contributed by atoms with Crippen molar-refractivity contribution in [3.8, 4) is 5.75 Å². The summed E-state index contributed by atoms with van der Waals surface area (Å²) in [4.78, 5) is 0. The molecule has 1 N–H and O–H groups in total. The van der Waals surface area contributed by atoms with Crippen LogP contribution >= 0.6 is 0 Å². The van der Waals surface area contributed by atoms with Crippen LogP contribution in [-0.2, 0) is 0 Å². The van der Waals surface area contributed by atoms with Crippen molar-refractivity contribution >= 4 is 0 Å². The molecule has 1 atom stereocenters. The maximum absolute atomic E-state index is 6.05. The van der Waals surface area contributed by atoms with Gasteiger partial charge in [0.05, 0.1) is 0 Å². The smallest absolute Gasteiger partial charge is 0.119 e. The average molecular weight is 289 g/mol. The van der Waals surface area contributed by atoms with Gasteiger partial charge in [0.1, 0.15) is 12.4 Å². The van der Waals surface area contributed by atoms with E-state index < -0.39 is 0 Å². The Morgan fingerprint density at radius 2 is 1.76 bits per heavy atom. The molecule has 1 aromatic rings. The van der Waals surface area contributed by atoms with Gasteiger partial charge in [0, 0.05) is 6.04 Å². The molecule has 0 spiro atoms. The van der Waals surface area contributed by atoms with E-state index in [0.717, 1.165) is 24.8 Å². The van der Waals surface area contributed by atoms with Crippen LogP contribution in [0.25, 0.3) is 0 Å². The minimum absolute atomic E-state index is 0.500. The highest BCUT2D eigenvalue weighted by Crippen LogP contribution is 2.27. The molecule has 1 unspecified atom stereocenters. The van der Waals surface area contributed by atoms with Crippen molar-refractivity contribution in [3.05, 3.63) is 29.8 Å². The summed E-state index contributed by atoms with van der Waals surface area (Å²) in [6.07, 6.45) is 6.89. The summed E-state index contributed by atoms with van der Waals surface area (Å²) in [5.41, 5.74) is 1.37. The van der Waals surface area contributed by atoms with Crippen LogP contribution < -0.4 is 10.1 Å². The molecule has 0 radical (unpaired) electrons. The lowest BCUT2D eigenvalue weighted by Gasteiger charge is -2.30. The zero-order chi connectivity index (χ0) is 15.1. The van der Waals surface area contributed by atoms with Crippen LogP contribution in [0.3, 0.4) is 0 Å². The Bertz CT molecular complexity index is 393. The third kappa shape index (κ3) is 5.03. The molecule has 0 bridgehead atoms. The predicted molar refractivity (Wildman–Crippen MR) is 90.1 cm³/mol. The maximum atomic E-state index is 6.05. The Balaban J connectivity index is 1.88. The normalized spacial score (nSPS) is 17.9. The first-order chi connectivity index (χ1) is 10.2. The number of nitrogens with one attached hydrogen (secondary N) is 1. The van der Waals surface area contributed by atoms with Gasteiger partial charge in [0.25, 0.3) is 0 Å². The molecule has 0 saturated heterocycles. The summed E-state index contributed by atoms with van der Waals surface area (Å²) in [6.45, 7) is 8.45. The molecule has 0 aliphatic heterocycles. The van der Waals surface area contributed by atoms with Gasteiger partial charge in [-0.2, -0.15) is 0 Å². The molecule has 0 amide bonds. The monoisotopic (exact) mass is 289 g/mol. The summed E-state index contributed by atoms with van der Waals surface area (Å²) in [5, 5.41) is 3.63. The number of hydrogen-bond donors (Lipinski definition) is 1. The van der Waals surface area contributed by atoms with E-state index in [1.807, 2.05) is 0 Å². The summed E-state index contributed by atoms with van der Waals surface area (Å²) < 4.78 is 6.05. The van der Waals surface area contributed by atoms with Crippen LogP contribution in [0.2, 0.25) is 0 Å². The number of ether oxygens (including phenoxy) is 1. The van der Waals surface area contributed by atoms with Gasteiger partial charge in [0.2, 0.25) is 0 Å². The largest absolute Gasteiger partial charge is 0.492 e. The van der Waals surface area contributed by atoms with Crippen LogP contribution in [0.5, 0.6) is 5.75 Å². The zero-order valence-corrected chi connectivity index (χ0v) is 13.9. The summed E-state index contributed by atoms with van der Waals surface area (Å²) in [5.74, 6) is 2.36. The molecule has 2 rings (SSSR count). The van der Waals surface area contributed by atoms with E-state index in [9.17, 15) is 0 Å². The Labute approximate surface area is 130 Å². The molecule has 1 aromatic carbocycles. The van der Waals surface area contributed by atoms with Gasteiger partial charge in [-0.15, -0.1) is 0 Å². The standard InChI is InChI=1S/C19H31NO/c1-4-20-19(17-8-6-5-7-9-17)14-21-18-12-10-16(11-13-18)15(2)3/h10-13,15,17,19-20H,4-9,14H2,1-3H3. The molecular weight excluding hydrogens is 258 g/mol. The van der Waals surface area contributed by atoms with Gasteiger partial charge in [-0.25, -0.2) is 0 Å². The van der Waals surface area contributed by atoms with Gasteiger partial charge < -0.3 is 10.1 Å². The summed E-state index contributed by atoms with van der Waals surface area (Å²) >= 11 is 0. The minimum atomic E-state index is 0.500. The SMILES string of the molecule is CCNC(COc1ccc(C(C)C)cc1)C1CCCCC1. The number of benzene rings is 1.